The first-order valence-electron chi connectivity index (χ1n) is 4.53. The number of hydrogen-bond donors (Lipinski definition) is 0. The fraction of sp³-hybridized carbons (Fsp3) is 0.250. The summed E-state index contributed by atoms with van der Waals surface area (Å²) >= 11 is 0. The normalized spacial score (nSPS) is 16.8. The van der Waals surface area contributed by atoms with Gasteiger partial charge in [0, 0.05) is 12.8 Å². The lowest BCUT2D eigenvalue weighted by molar-refractivity contribution is -0.116. The highest BCUT2D eigenvalue weighted by molar-refractivity contribution is 5.98. The number of carbonyl (C=O) groups is 1. The van der Waals surface area contributed by atoms with E-state index in [0.717, 1.165) is 0 Å². The Morgan fingerprint density at radius 2 is 1.77 bits per heavy atom. The zero-order chi connectivity index (χ0) is 9.26. The second kappa shape index (κ2) is 3.17. The highest BCUT2D eigenvalue weighted by Crippen LogP contribution is 2.30. The zero-order valence-corrected chi connectivity index (χ0v) is 7.71. The van der Waals surface area contributed by atoms with E-state index in [-0.39, 0.29) is 0 Å². The zero-order valence-electron chi connectivity index (χ0n) is 7.71. The molecule has 0 amide bonds. The third-order valence-electron chi connectivity index (χ3n) is 2.47. The second-order valence-electron chi connectivity index (χ2n) is 3.52. The van der Waals surface area contributed by atoms with E-state index in [9.17, 15) is 4.79 Å². The van der Waals surface area contributed by atoms with Crippen molar-refractivity contribution in [2.24, 2.45) is 0 Å². The summed E-state index contributed by atoms with van der Waals surface area (Å²) in [5, 5.41) is 0. The summed E-state index contributed by atoms with van der Waals surface area (Å²) in [6.45, 7) is 2.05. The number of allylic oxidation sites excluding steroid dienone is 2. The van der Waals surface area contributed by atoms with Crippen LogP contribution in [0.4, 0.5) is 0 Å². The molecular weight excluding hydrogens is 160 g/mol. The van der Waals surface area contributed by atoms with Crippen molar-refractivity contribution in [3.05, 3.63) is 41.5 Å². The predicted molar refractivity (Wildman–Crippen MR) is 53.3 cm³/mol. The predicted octanol–water partition coefficient (Wildman–Crippen LogP) is 2.82. The molecule has 1 heteroatoms. The van der Waals surface area contributed by atoms with Crippen LogP contribution < -0.4 is 0 Å². The third kappa shape index (κ3) is 1.55. The Hall–Kier alpha value is -1.37. The van der Waals surface area contributed by atoms with Gasteiger partial charge in [0.15, 0.2) is 0 Å². The quantitative estimate of drug-likeness (QED) is 0.636. The van der Waals surface area contributed by atoms with Crippen LogP contribution in [0.15, 0.2) is 35.9 Å². The lowest BCUT2D eigenvalue weighted by Gasteiger charge is -2.01. The van der Waals surface area contributed by atoms with Gasteiger partial charge in [-0.05, 0) is 18.1 Å². The van der Waals surface area contributed by atoms with Crippen LogP contribution in [0.1, 0.15) is 25.3 Å². The lowest BCUT2D eigenvalue weighted by Crippen LogP contribution is -1.88. The van der Waals surface area contributed by atoms with Crippen molar-refractivity contribution in [2.75, 3.05) is 0 Å². The minimum Gasteiger partial charge on any atom is -0.299 e. The van der Waals surface area contributed by atoms with E-state index in [1.165, 1.54) is 16.7 Å². The van der Waals surface area contributed by atoms with Crippen molar-refractivity contribution in [3.63, 3.8) is 0 Å². The van der Waals surface area contributed by atoms with E-state index in [0.29, 0.717) is 18.6 Å². The summed E-state index contributed by atoms with van der Waals surface area (Å²) in [4.78, 5) is 11.2. The molecule has 0 atom stereocenters. The topological polar surface area (TPSA) is 17.1 Å². The summed E-state index contributed by atoms with van der Waals surface area (Å²) in [6, 6.07) is 10.2. The molecule has 1 nitrogen and oxygen atoms in total. The van der Waals surface area contributed by atoms with Crippen molar-refractivity contribution in [2.45, 2.75) is 19.8 Å². The summed E-state index contributed by atoms with van der Waals surface area (Å²) in [5.41, 5.74) is 3.66. The van der Waals surface area contributed by atoms with Gasteiger partial charge in [0.05, 0.1) is 0 Å². The molecule has 0 bridgehead atoms. The van der Waals surface area contributed by atoms with E-state index < -0.39 is 0 Å². The van der Waals surface area contributed by atoms with Gasteiger partial charge < -0.3 is 0 Å². The van der Waals surface area contributed by atoms with Gasteiger partial charge in [-0.3, -0.25) is 4.79 Å². The van der Waals surface area contributed by atoms with Gasteiger partial charge in [0.1, 0.15) is 5.78 Å². The molecule has 1 aliphatic rings. The van der Waals surface area contributed by atoms with E-state index in [4.69, 9.17) is 0 Å². The molecule has 1 aromatic carbocycles. The van der Waals surface area contributed by atoms with Crippen LogP contribution in [0.3, 0.4) is 0 Å². The van der Waals surface area contributed by atoms with Crippen LogP contribution in [0.2, 0.25) is 0 Å². The number of hydrogen-bond acceptors (Lipinski definition) is 1. The average molecular weight is 172 g/mol. The van der Waals surface area contributed by atoms with Gasteiger partial charge in [-0.25, -0.2) is 0 Å². The fourth-order valence-electron chi connectivity index (χ4n) is 1.80. The molecule has 0 N–H and O–H groups in total. The number of Topliss-reactive ketones (excluding diaryl/α,β-unsaturated/α-hetero) is 1. The van der Waals surface area contributed by atoms with Crippen molar-refractivity contribution in [1.82, 2.24) is 0 Å². The van der Waals surface area contributed by atoms with Crippen LogP contribution in [0, 0.1) is 0 Å². The molecule has 0 aliphatic heterocycles. The molecular formula is C12H12O. The lowest BCUT2D eigenvalue weighted by atomic mass is 10.0. The van der Waals surface area contributed by atoms with E-state index >= 15 is 0 Å². The Morgan fingerprint density at radius 1 is 1.08 bits per heavy atom. The van der Waals surface area contributed by atoms with Gasteiger partial charge in [-0.2, -0.15) is 0 Å². The number of ketones is 1. The Bertz CT molecular complexity index is 360. The molecule has 0 saturated heterocycles. The summed E-state index contributed by atoms with van der Waals surface area (Å²) in [5.74, 6) is 0.344. The Kier molecular flexibility index (Phi) is 2.01. The maximum atomic E-state index is 11.2. The first-order valence-corrected chi connectivity index (χ1v) is 4.53. The Morgan fingerprint density at radius 3 is 2.31 bits per heavy atom. The van der Waals surface area contributed by atoms with Crippen LogP contribution in [0.25, 0.3) is 5.57 Å². The van der Waals surface area contributed by atoms with Gasteiger partial charge in [0.25, 0.3) is 0 Å². The van der Waals surface area contributed by atoms with Gasteiger partial charge >= 0.3 is 0 Å². The number of benzene rings is 1. The summed E-state index contributed by atoms with van der Waals surface area (Å²) in [6.07, 6.45) is 1.26. The van der Waals surface area contributed by atoms with Crippen molar-refractivity contribution in [1.29, 1.82) is 0 Å². The Labute approximate surface area is 78.1 Å². The van der Waals surface area contributed by atoms with Gasteiger partial charge in [-0.15, -0.1) is 0 Å². The molecule has 1 aromatic rings. The summed E-state index contributed by atoms with van der Waals surface area (Å²) in [7, 11) is 0. The van der Waals surface area contributed by atoms with Crippen molar-refractivity contribution < 1.29 is 4.79 Å². The highest BCUT2D eigenvalue weighted by atomic mass is 16.1. The SMILES string of the molecule is CC1=C(c2ccccc2)CC(=O)C1. The molecule has 0 unspecified atom stereocenters. The minimum absolute atomic E-state index is 0.344. The van der Waals surface area contributed by atoms with E-state index in [1.807, 2.05) is 25.1 Å². The van der Waals surface area contributed by atoms with Crippen LogP contribution in [0.5, 0.6) is 0 Å². The molecule has 0 aromatic heterocycles. The van der Waals surface area contributed by atoms with Crippen molar-refractivity contribution in [3.8, 4) is 0 Å². The van der Waals surface area contributed by atoms with E-state index in [2.05, 4.69) is 12.1 Å². The number of rotatable bonds is 1. The minimum atomic E-state index is 0.344. The van der Waals surface area contributed by atoms with Crippen LogP contribution in [-0.2, 0) is 4.79 Å². The maximum absolute atomic E-state index is 11.2. The first kappa shape index (κ1) is 8.24. The number of carbonyl (C=O) groups excluding carboxylic acids is 1. The second-order valence-corrected chi connectivity index (χ2v) is 3.52. The molecule has 1 aliphatic carbocycles. The van der Waals surface area contributed by atoms with Gasteiger partial charge in [-0.1, -0.05) is 35.9 Å². The highest BCUT2D eigenvalue weighted by Gasteiger charge is 2.18. The molecule has 13 heavy (non-hydrogen) atoms. The smallest absolute Gasteiger partial charge is 0.141 e. The maximum Gasteiger partial charge on any atom is 0.141 e. The standard InChI is InChI=1S/C12H12O/c1-9-7-11(13)8-12(9)10-5-3-2-4-6-10/h2-6H,7-8H2,1H3. The first-order chi connectivity index (χ1) is 6.27. The molecule has 0 fully saturated rings. The molecule has 2 rings (SSSR count). The van der Waals surface area contributed by atoms with Gasteiger partial charge in [0.2, 0.25) is 0 Å². The molecule has 0 spiro atoms. The van der Waals surface area contributed by atoms with Crippen molar-refractivity contribution >= 4 is 11.4 Å². The monoisotopic (exact) mass is 172 g/mol. The Balaban J connectivity index is 2.38. The molecule has 0 radical (unpaired) electrons. The van der Waals surface area contributed by atoms with Crippen LogP contribution in [-0.4, -0.2) is 5.78 Å². The molecule has 0 saturated carbocycles. The fourth-order valence-corrected chi connectivity index (χ4v) is 1.80. The third-order valence-corrected chi connectivity index (χ3v) is 2.47. The summed E-state index contributed by atoms with van der Waals surface area (Å²) < 4.78 is 0. The van der Waals surface area contributed by atoms with E-state index in [1.54, 1.807) is 0 Å². The molecule has 66 valence electrons. The van der Waals surface area contributed by atoms with Crippen LogP contribution >= 0.6 is 0 Å². The largest absolute Gasteiger partial charge is 0.299 e. The average Bonchev–Trinajstić information content (AvgIpc) is 2.47. The molecule has 0 heterocycles.